The van der Waals surface area contributed by atoms with Gasteiger partial charge >= 0.3 is 6.09 Å². The van der Waals surface area contributed by atoms with Gasteiger partial charge in [-0.25, -0.2) is 4.79 Å². The monoisotopic (exact) mass is 559 g/mol. The lowest BCUT2D eigenvalue weighted by molar-refractivity contribution is -0.125. The smallest absolute Gasteiger partial charge is 0.407 e. The number of benzene rings is 1. The van der Waals surface area contributed by atoms with Crippen molar-refractivity contribution in [2.24, 2.45) is 17.1 Å². The van der Waals surface area contributed by atoms with Gasteiger partial charge in [-0.05, 0) is 61.7 Å². The Kier molecular flexibility index (Phi) is 11.4. The standard InChI is InChI=1S/C30H49N5O5/c1-20(2)27(31)28(38)33-23(25(36)19-34-13-9-6-10-14-34)16-30(3,4)17-26(37)35-18-22(32-29(39)40-5)15-21-11-7-8-12-24(21)35/h7-8,11-12,20,22-23,25,27,36H,6,9-10,13-19,31H2,1-5H3,(H,32,39)(H,33,38)/t22?,23-,25-,27-/m0/s1. The Morgan fingerprint density at radius 2 is 1.82 bits per heavy atom. The van der Waals surface area contributed by atoms with E-state index in [2.05, 4.69) is 15.5 Å². The third kappa shape index (κ3) is 8.91. The van der Waals surface area contributed by atoms with E-state index >= 15 is 0 Å². The number of hydrogen-bond donors (Lipinski definition) is 4. The van der Waals surface area contributed by atoms with Crippen LogP contribution in [0.15, 0.2) is 24.3 Å². The molecule has 2 heterocycles. The molecule has 3 amide bonds. The summed E-state index contributed by atoms with van der Waals surface area (Å²) in [5, 5.41) is 17.2. The molecule has 2 aliphatic rings. The van der Waals surface area contributed by atoms with E-state index in [0.717, 1.165) is 37.2 Å². The number of likely N-dealkylation sites (tertiary alicyclic amines) is 1. The van der Waals surface area contributed by atoms with Crippen molar-refractivity contribution >= 4 is 23.6 Å². The Labute approximate surface area is 239 Å². The molecule has 4 atom stereocenters. The summed E-state index contributed by atoms with van der Waals surface area (Å²) in [6.45, 7) is 10.4. The van der Waals surface area contributed by atoms with E-state index in [0.29, 0.717) is 25.9 Å². The first-order valence-corrected chi connectivity index (χ1v) is 14.6. The van der Waals surface area contributed by atoms with E-state index in [-0.39, 0.29) is 30.2 Å². The van der Waals surface area contributed by atoms with Crippen LogP contribution in [0.2, 0.25) is 0 Å². The van der Waals surface area contributed by atoms with Crippen LogP contribution in [0.4, 0.5) is 10.5 Å². The summed E-state index contributed by atoms with van der Waals surface area (Å²) in [7, 11) is 1.32. The van der Waals surface area contributed by atoms with Gasteiger partial charge in [-0.15, -0.1) is 0 Å². The number of alkyl carbamates (subject to hydrolysis) is 1. The third-order valence-electron chi connectivity index (χ3n) is 8.07. The van der Waals surface area contributed by atoms with Gasteiger partial charge < -0.3 is 36.0 Å². The first-order valence-electron chi connectivity index (χ1n) is 14.6. The van der Waals surface area contributed by atoms with Crippen LogP contribution in [0.1, 0.15) is 65.4 Å². The molecule has 10 nitrogen and oxygen atoms in total. The van der Waals surface area contributed by atoms with Crippen LogP contribution >= 0.6 is 0 Å². The molecule has 1 aromatic carbocycles. The van der Waals surface area contributed by atoms with Gasteiger partial charge in [0.15, 0.2) is 0 Å². The number of nitrogens with zero attached hydrogens (tertiary/aromatic N) is 2. The Morgan fingerprint density at radius 1 is 1.15 bits per heavy atom. The number of piperidine rings is 1. The molecule has 224 valence electrons. The summed E-state index contributed by atoms with van der Waals surface area (Å²) in [5.41, 5.74) is 7.40. The van der Waals surface area contributed by atoms with Gasteiger partial charge in [0.2, 0.25) is 11.8 Å². The topological polar surface area (TPSA) is 137 Å². The number of aliphatic hydroxyl groups excluding tert-OH is 1. The van der Waals surface area contributed by atoms with Gasteiger partial charge in [0, 0.05) is 25.2 Å². The zero-order chi connectivity index (χ0) is 29.4. The van der Waals surface area contributed by atoms with Crippen molar-refractivity contribution in [3.63, 3.8) is 0 Å². The number of ether oxygens (including phenoxy) is 1. The molecule has 2 aliphatic heterocycles. The number of carbonyl (C=O) groups excluding carboxylic acids is 3. The van der Waals surface area contributed by atoms with Crippen LogP contribution in [0, 0.1) is 11.3 Å². The number of carbonyl (C=O) groups is 3. The summed E-state index contributed by atoms with van der Waals surface area (Å²) < 4.78 is 4.78. The van der Waals surface area contributed by atoms with E-state index in [9.17, 15) is 19.5 Å². The first-order chi connectivity index (χ1) is 18.9. The highest BCUT2D eigenvalue weighted by Crippen LogP contribution is 2.33. The average Bonchev–Trinajstić information content (AvgIpc) is 2.91. The highest BCUT2D eigenvalue weighted by Gasteiger charge is 2.36. The summed E-state index contributed by atoms with van der Waals surface area (Å²) in [6, 6.07) is 6.21. The quantitative estimate of drug-likeness (QED) is 0.327. The number of rotatable bonds is 11. The molecule has 1 saturated heterocycles. The second-order valence-corrected chi connectivity index (χ2v) is 12.5. The minimum Gasteiger partial charge on any atom is -0.453 e. The molecule has 1 fully saturated rings. The lowest BCUT2D eigenvalue weighted by atomic mass is 9.80. The number of hydrogen-bond acceptors (Lipinski definition) is 7. The Morgan fingerprint density at radius 3 is 2.48 bits per heavy atom. The van der Waals surface area contributed by atoms with Crippen molar-refractivity contribution in [2.75, 3.05) is 38.2 Å². The second-order valence-electron chi connectivity index (χ2n) is 12.5. The van der Waals surface area contributed by atoms with Gasteiger partial charge in [0.05, 0.1) is 31.3 Å². The second kappa shape index (κ2) is 14.3. The molecule has 3 rings (SSSR count). The normalized spacial score (nSPS) is 20.3. The van der Waals surface area contributed by atoms with Crippen LogP contribution in [0.25, 0.3) is 0 Å². The number of β-amino-alcohol motifs (C(OH)–C–C–N with tert-alkyl or cyclic N) is 1. The van der Waals surface area contributed by atoms with Crippen LogP contribution in [-0.2, 0) is 20.7 Å². The summed E-state index contributed by atoms with van der Waals surface area (Å²) in [6.07, 6.45) is 3.29. The van der Waals surface area contributed by atoms with Gasteiger partial charge in [-0.3, -0.25) is 9.59 Å². The summed E-state index contributed by atoms with van der Waals surface area (Å²) in [4.78, 5) is 42.6. The van der Waals surface area contributed by atoms with Crippen LogP contribution in [0.3, 0.4) is 0 Å². The van der Waals surface area contributed by atoms with Crippen molar-refractivity contribution in [1.29, 1.82) is 0 Å². The fourth-order valence-corrected chi connectivity index (χ4v) is 5.72. The average molecular weight is 560 g/mol. The SMILES string of the molecule is COC(=O)NC1Cc2ccccc2N(C(=O)CC(C)(C)C[C@H](NC(=O)[C@@H](N)C(C)C)[C@@H](O)CN2CCCCC2)C1. The van der Waals surface area contributed by atoms with E-state index in [4.69, 9.17) is 10.5 Å². The zero-order valence-electron chi connectivity index (χ0n) is 24.8. The molecule has 0 bridgehead atoms. The predicted molar refractivity (Wildman–Crippen MR) is 156 cm³/mol. The number of amides is 3. The molecule has 40 heavy (non-hydrogen) atoms. The molecule has 0 spiro atoms. The minimum atomic E-state index is -0.792. The first kappa shape index (κ1) is 31.8. The summed E-state index contributed by atoms with van der Waals surface area (Å²) >= 11 is 0. The van der Waals surface area contributed by atoms with Gasteiger partial charge in [-0.2, -0.15) is 0 Å². The number of aliphatic hydroxyl groups is 1. The van der Waals surface area contributed by atoms with Crippen molar-refractivity contribution in [2.45, 2.75) is 90.4 Å². The molecular formula is C30H49N5O5. The van der Waals surface area contributed by atoms with Gasteiger partial charge in [-0.1, -0.05) is 52.3 Å². The molecule has 0 aromatic heterocycles. The third-order valence-corrected chi connectivity index (χ3v) is 8.07. The number of nitrogens with one attached hydrogen (secondary N) is 2. The minimum absolute atomic E-state index is 0.0415. The highest BCUT2D eigenvalue weighted by atomic mass is 16.5. The molecule has 1 unspecified atom stereocenters. The number of fused-ring (bicyclic) bond motifs is 1. The fourth-order valence-electron chi connectivity index (χ4n) is 5.72. The molecule has 10 heteroatoms. The Balaban J connectivity index is 1.75. The van der Waals surface area contributed by atoms with Crippen molar-refractivity contribution in [3.05, 3.63) is 29.8 Å². The van der Waals surface area contributed by atoms with Crippen molar-refractivity contribution in [3.8, 4) is 0 Å². The molecular weight excluding hydrogens is 510 g/mol. The maximum Gasteiger partial charge on any atom is 0.407 e. The van der Waals surface area contributed by atoms with E-state index < -0.39 is 29.7 Å². The molecule has 0 saturated carbocycles. The number of nitrogens with two attached hydrogens (primary N) is 1. The molecule has 0 aliphatic carbocycles. The molecule has 0 radical (unpaired) electrons. The van der Waals surface area contributed by atoms with E-state index in [1.54, 1.807) is 4.90 Å². The van der Waals surface area contributed by atoms with Crippen LogP contribution in [-0.4, -0.2) is 85.4 Å². The lowest BCUT2D eigenvalue weighted by Crippen LogP contribution is -2.55. The largest absolute Gasteiger partial charge is 0.453 e. The van der Waals surface area contributed by atoms with E-state index in [1.165, 1.54) is 13.5 Å². The zero-order valence-corrected chi connectivity index (χ0v) is 24.8. The predicted octanol–water partition coefficient (Wildman–Crippen LogP) is 2.42. The Bertz CT molecular complexity index is 1010. The van der Waals surface area contributed by atoms with Crippen molar-refractivity contribution in [1.82, 2.24) is 15.5 Å². The maximum atomic E-state index is 13.8. The molecule has 5 N–H and O–H groups in total. The molecule has 1 aromatic rings. The van der Waals surface area contributed by atoms with Gasteiger partial charge in [0.25, 0.3) is 0 Å². The number of para-hydroxylation sites is 1. The fraction of sp³-hybridized carbons (Fsp3) is 0.700. The maximum absolute atomic E-state index is 13.8. The summed E-state index contributed by atoms with van der Waals surface area (Å²) in [5.74, 6) is -0.412. The van der Waals surface area contributed by atoms with Crippen LogP contribution in [0.5, 0.6) is 0 Å². The number of anilines is 1. The van der Waals surface area contributed by atoms with Gasteiger partial charge in [0.1, 0.15) is 0 Å². The highest BCUT2D eigenvalue weighted by molar-refractivity contribution is 5.95. The van der Waals surface area contributed by atoms with Crippen LogP contribution < -0.4 is 21.3 Å². The lowest BCUT2D eigenvalue weighted by Gasteiger charge is -2.39. The van der Waals surface area contributed by atoms with Crippen molar-refractivity contribution < 1.29 is 24.2 Å². The number of methoxy groups -OCH3 is 1. The van der Waals surface area contributed by atoms with E-state index in [1.807, 2.05) is 52.0 Å². The Hall–Kier alpha value is -2.69.